The highest BCUT2D eigenvalue weighted by molar-refractivity contribution is 9.11. The van der Waals surface area contributed by atoms with Gasteiger partial charge in [-0.05, 0) is 46.3 Å². The maximum Gasteiger partial charge on any atom is 0.195 e. The summed E-state index contributed by atoms with van der Waals surface area (Å²) in [5, 5.41) is -0.126. The third-order valence-electron chi connectivity index (χ3n) is 2.43. The van der Waals surface area contributed by atoms with Crippen LogP contribution in [0.25, 0.3) is 0 Å². The van der Waals surface area contributed by atoms with Gasteiger partial charge in [0, 0.05) is 20.1 Å². The molecule has 0 spiro atoms. The van der Waals surface area contributed by atoms with E-state index < -0.39 is 17.4 Å². The zero-order chi connectivity index (χ0) is 14.2. The van der Waals surface area contributed by atoms with Gasteiger partial charge in [0.1, 0.15) is 0 Å². The Morgan fingerprint density at radius 1 is 1.00 bits per heavy atom. The smallest absolute Gasteiger partial charge is 0.195 e. The van der Waals surface area contributed by atoms with E-state index >= 15 is 0 Å². The molecule has 6 heteroatoms. The maximum atomic E-state index is 13.2. The van der Waals surface area contributed by atoms with Crippen LogP contribution >= 0.6 is 43.5 Å². The van der Waals surface area contributed by atoms with Crippen molar-refractivity contribution in [1.29, 1.82) is 0 Å². The summed E-state index contributed by atoms with van der Waals surface area (Å²) in [5.41, 5.74) is 0.236. The van der Waals surface area contributed by atoms with Crippen LogP contribution in [0.3, 0.4) is 0 Å². The maximum absolute atomic E-state index is 13.2. The van der Waals surface area contributed by atoms with Crippen molar-refractivity contribution in [2.24, 2.45) is 0 Å². The molecule has 0 N–H and O–H groups in total. The molecule has 2 aromatic carbocycles. The summed E-state index contributed by atoms with van der Waals surface area (Å²) in [6, 6.07) is 6.51. The fourth-order valence-electron chi connectivity index (χ4n) is 1.52. The summed E-state index contributed by atoms with van der Waals surface area (Å²) in [4.78, 5) is 12.2. The van der Waals surface area contributed by atoms with E-state index in [1.807, 2.05) is 0 Å². The molecular formula is C13H5Br2ClF2O. The van der Waals surface area contributed by atoms with Gasteiger partial charge in [0.2, 0.25) is 0 Å². The topological polar surface area (TPSA) is 17.1 Å². The van der Waals surface area contributed by atoms with Gasteiger partial charge in [-0.15, -0.1) is 0 Å². The second-order valence-electron chi connectivity index (χ2n) is 3.70. The molecule has 0 amide bonds. The Kier molecular flexibility index (Phi) is 4.38. The van der Waals surface area contributed by atoms with Gasteiger partial charge >= 0.3 is 0 Å². The predicted octanol–water partition coefficient (Wildman–Crippen LogP) is 5.37. The number of ketones is 1. The first-order valence-corrected chi connectivity index (χ1v) is 7.01. The van der Waals surface area contributed by atoms with Crippen LogP contribution in [0.15, 0.2) is 39.3 Å². The van der Waals surface area contributed by atoms with Crippen molar-refractivity contribution in [3.05, 3.63) is 67.1 Å². The Morgan fingerprint density at radius 3 is 2.26 bits per heavy atom. The molecule has 0 saturated carbocycles. The first kappa shape index (κ1) is 14.6. The van der Waals surface area contributed by atoms with Crippen molar-refractivity contribution in [2.45, 2.75) is 0 Å². The Hall–Kier alpha value is -0.780. The zero-order valence-corrected chi connectivity index (χ0v) is 13.1. The van der Waals surface area contributed by atoms with Gasteiger partial charge in [0.05, 0.1) is 5.02 Å². The largest absolute Gasteiger partial charge is 0.289 e. The number of carbonyl (C=O) groups excluding carboxylic acids is 1. The number of hydrogen-bond donors (Lipinski definition) is 0. The molecule has 1 nitrogen and oxygen atoms in total. The van der Waals surface area contributed by atoms with Gasteiger partial charge in [-0.2, -0.15) is 0 Å². The predicted molar refractivity (Wildman–Crippen MR) is 76.6 cm³/mol. The lowest BCUT2D eigenvalue weighted by atomic mass is 10.0. The first-order valence-electron chi connectivity index (χ1n) is 5.04. The van der Waals surface area contributed by atoms with E-state index in [2.05, 4.69) is 31.9 Å². The molecule has 0 atom stereocenters. The van der Waals surface area contributed by atoms with Crippen LogP contribution in [0.4, 0.5) is 8.78 Å². The highest BCUT2D eigenvalue weighted by Crippen LogP contribution is 2.28. The highest BCUT2D eigenvalue weighted by Gasteiger charge is 2.18. The fraction of sp³-hybridized carbons (Fsp3) is 0. The molecule has 0 unspecified atom stereocenters. The monoisotopic (exact) mass is 408 g/mol. The summed E-state index contributed by atoms with van der Waals surface area (Å²) in [7, 11) is 0. The molecule has 0 heterocycles. The zero-order valence-electron chi connectivity index (χ0n) is 9.18. The molecule has 0 bridgehead atoms. The minimum Gasteiger partial charge on any atom is -0.289 e. The third-order valence-corrected chi connectivity index (χ3v) is 3.89. The Labute approximate surface area is 129 Å². The number of halogens is 5. The van der Waals surface area contributed by atoms with Crippen LogP contribution in [0, 0.1) is 11.6 Å². The van der Waals surface area contributed by atoms with Crippen LogP contribution in [-0.2, 0) is 0 Å². The Bertz CT molecular complexity index is 674. The van der Waals surface area contributed by atoms with Crippen molar-refractivity contribution >= 4 is 49.2 Å². The van der Waals surface area contributed by atoms with Crippen molar-refractivity contribution in [2.75, 3.05) is 0 Å². The summed E-state index contributed by atoms with van der Waals surface area (Å²) in [5.74, 6) is -2.68. The standard InChI is InChI=1S/C13H5Br2ClF2O/c14-6-1-2-7(9(15)3-6)13(19)8-4-11(17)12(18)5-10(8)16/h1-5H. The molecule has 0 radical (unpaired) electrons. The summed E-state index contributed by atoms with van der Waals surface area (Å²) >= 11 is 12.3. The van der Waals surface area contributed by atoms with Crippen LogP contribution < -0.4 is 0 Å². The molecule has 19 heavy (non-hydrogen) atoms. The van der Waals surface area contributed by atoms with E-state index in [0.29, 0.717) is 10.0 Å². The average Bonchev–Trinajstić information content (AvgIpc) is 2.33. The van der Waals surface area contributed by atoms with E-state index in [0.717, 1.165) is 16.6 Å². The number of rotatable bonds is 2. The van der Waals surface area contributed by atoms with Gasteiger partial charge in [-0.25, -0.2) is 8.78 Å². The molecule has 2 rings (SSSR count). The minimum atomic E-state index is -1.11. The first-order chi connectivity index (χ1) is 8.90. The molecule has 2 aromatic rings. The Morgan fingerprint density at radius 2 is 1.63 bits per heavy atom. The van der Waals surface area contributed by atoms with Crippen molar-refractivity contribution in [3.8, 4) is 0 Å². The summed E-state index contributed by atoms with van der Waals surface area (Å²) < 4.78 is 27.5. The van der Waals surface area contributed by atoms with E-state index in [1.54, 1.807) is 18.2 Å². The molecule has 0 aliphatic carbocycles. The minimum absolute atomic E-state index is 0.0800. The van der Waals surface area contributed by atoms with Crippen LogP contribution in [-0.4, -0.2) is 5.78 Å². The lowest BCUT2D eigenvalue weighted by Gasteiger charge is -2.07. The fourth-order valence-corrected chi connectivity index (χ4v) is 2.98. The summed E-state index contributed by atoms with van der Waals surface area (Å²) in [6.45, 7) is 0. The van der Waals surface area contributed by atoms with Gasteiger partial charge in [-0.1, -0.05) is 27.5 Å². The molecule has 0 aliphatic rings. The highest BCUT2D eigenvalue weighted by atomic mass is 79.9. The van der Waals surface area contributed by atoms with Gasteiger partial charge in [-0.3, -0.25) is 4.79 Å². The quantitative estimate of drug-likeness (QED) is 0.480. The van der Waals surface area contributed by atoms with Gasteiger partial charge in [0.15, 0.2) is 17.4 Å². The van der Waals surface area contributed by atoms with Crippen LogP contribution in [0.1, 0.15) is 15.9 Å². The van der Waals surface area contributed by atoms with Gasteiger partial charge in [0.25, 0.3) is 0 Å². The lowest BCUT2D eigenvalue weighted by Crippen LogP contribution is -2.05. The van der Waals surface area contributed by atoms with Crippen molar-refractivity contribution < 1.29 is 13.6 Å². The molecular weight excluding hydrogens is 405 g/mol. The molecule has 98 valence electrons. The SMILES string of the molecule is O=C(c1cc(F)c(F)cc1Cl)c1ccc(Br)cc1Br. The number of benzene rings is 2. The average molecular weight is 410 g/mol. The molecule has 0 aliphatic heterocycles. The van der Waals surface area contributed by atoms with Crippen LogP contribution in [0.2, 0.25) is 5.02 Å². The summed E-state index contributed by atoms with van der Waals surface area (Å²) in [6.07, 6.45) is 0. The molecule has 0 fully saturated rings. The number of carbonyl (C=O) groups is 1. The normalized spacial score (nSPS) is 10.6. The molecule has 0 saturated heterocycles. The second-order valence-corrected chi connectivity index (χ2v) is 5.88. The van der Waals surface area contributed by atoms with Crippen molar-refractivity contribution in [1.82, 2.24) is 0 Å². The van der Waals surface area contributed by atoms with Crippen molar-refractivity contribution in [3.63, 3.8) is 0 Å². The van der Waals surface area contributed by atoms with Crippen LogP contribution in [0.5, 0.6) is 0 Å². The third kappa shape index (κ3) is 3.04. The number of hydrogen-bond acceptors (Lipinski definition) is 1. The van der Waals surface area contributed by atoms with E-state index in [-0.39, 0.29) is 10.6 Å². The van der Waals surface area contributed by atoms with E-state index in [1.165, 1.54) is 0 Å². The Balaban J connectivity index is 2.53. The van der Waals surface area contributed by atoms with Gasteiger partial charge < -0.3 is 0 Å². The lowest BCUT2D eigenvalue weighted by molar-refractivity contribution is 0.103. The molecule has 0 aromatic heterocycles. The van der Waals surface area contributed by atoms with E-state index in [9.17, 15) is 13.6 Å². The second kappa shape index (κ2) is 5.69. The van der Waals surface area contributed by atoms with E-state index in [4.69, 9.17) is 11.6 Å².